The highest BCUT2D eigenvalue weighted by atomic mass is 32.1. The van der Waals surface area contributed by atoms with Gasteiger partial charge in [-0.2, -0.15) is 0 Å². The Morgan fingerprint density at radius 1 is 1.22 bits per heavy atom. The molecule has 2 aliphatic rings. The van der Waals surface area contributed by atoms with Crippen molar-refractivity contribution in [2.75, 3.05) is 64.4 Å². The molecule has 0 aliphatic carbocycles. The fourth-order valence-electron chi connectivity index (χ4n) is 4.85. The third-order valence-corrected chi connectivity index (χ3v) is 7.94. The maximum Gasteiger partial charge on any atom is 0.272 e. The number of morpholine rings is 1. The Labute approximate surface area is 218 Å². The molecular formula is C26H31FN6O3S. The molecule has 3 aromatic rings. The summed E-state index contributed by atoms with van der Waals surface area (Å²) >= 11 is 1.29. The van der Waals surface area contributed by atoms with Gasteiger partial charge in [-0.15, -0.1) is 11.3 Å². The maximum absolute atomic E-state index is 15.5. The Kier molecular flexibility index (Phi) is 7.38. The number of amides is 1. The summed E-state index contributed by atoms with van der Waals surface area (Å²) in [6.07, 6.45) is 6.34. The van der Waals surface area contributed by atoms with Crippen LogP contribution in [0.15, 0.2) is 23.5 Å². The van der Waals surface area contributed by atoms with E-state index in [-0.39, 0.29) is 16.8 Å². The van der Waals surface area contributed by atoms with Crippen molar-refractivity contribution >= 4 is 51.1 Å². The van der Waals surface area contributed by atoms with E-state index >= 15 is 4.39 Å². The number of nitrogens with one attached hydrogen (secondary N) is 1. The first-order valence-corrected chi connectivity index (χ1v) is 13.3. The molecule has 3 aromatic heterocycles. The van der Waals surface area contributed by atoms with Crippen LogP contribution in [0.4, 0.5) is 10.2 Å². The van der Waals surface area contributed by atoms with Gasteiger partial charge in [0.25, 0.3) is 5.91 Å². The molecule has 5 rings (SSSR count). The molecule has 0 spiro atoms. The van der Waals surface area contributed by atoms with Crippen LogP contribution in [0.1, 0.15) is 34.3 Å². The van der Waals surface area contributed by atoms with Crippen LogP contribution in [0.2, 0.25) is 0 Å². The summed E-state index contributed by atoms with van der Waals surface area (Å²) in [7, 11) is 2.05. The van der Waals surface area contributed by atoms with E-state index in [1.54, 1.807) is 15.5 Å². The fourth-order valence-corrected chi connectivity index (χ4v) is 5.97. The number of anilines is 1. The van der Waals surface area contributed by atoms with Gasteiger partial charge in [0.15, 0.2) is 17.3 Å². The number of thiazole rings is 1. The highest BCUT2D eigenvalue weighted by Crippen LogP contribution is 2.32. The molecule has 0 unspecified atom stereocenters. The van der Waals surface area contributed by atoms with E-state index < -0.39 is 17.2 Å². The molecular weight excluding hydrogens is 495 g/mol. The summed E-state index contributed by atoms with van der Waals surface area (Å²) in [5.41, 5.74) is 3.33. The quantitative estimate of drug-likeness (QED) is 0.548. The van der Waals surface area contributed by atoms with Crippen LogP contribution in [-0.4, -0.2) is 84.7 Å². The number of rotatable bonds is 5. The number of allylic oxidation sites excluding steroid dienone is 1. The molecule has 0 aromatic carbocycles. The minimum atomic E-state index is -0.569. The van der Waals surface area contributed by atoms with Crippen molar-refractivity contribution < 1.29 is 13.9 Å². The summed E-state index contributed by atoms with van der Waals surface area (Å²) in [6.45, 7) is 10.8. The van der Waals surface area contributed by atoms with Crippen molar-refractivity contribution in [1.29, 1.82) is 0 Å². The number of carbonyl (C=O) groups is 1. The highest BCUT2D eigenvalue weighted by molar-refractivity contribution is 7.19. The van der Waals surface area contributed by atoms with Gasteiger partial charge in [0.2, 0.25) is 5.43 Å². The van der Waals surface area contributed by atoms with E-state index in [1.165, 1.54) is 17.4 Å². The summed E-state index contributed by atoms with van der Waals surface area (Å²) in [4.78, 5) is 37.3. The number of pyridine rings is 2. The number of aromatic nitrogens is 2. The highest BCUT2D eigenvalue weighted by Gasteiger charge is 2.27. The summed E-state index contributed by atoms with van der Waals surface area (Å²) in [5, 5.41) is 1.80. The molecule has 0 atom stereocenters. The first-order valence-electron chi connectivity index (χ1n) is 12.5. The van der Waals surface area contributed by atoms with E-state index in [1.807, 2.05) is 31.0 Å². The van der Waals surface area contributed by atoms with Crippen LogP contribution >= 0.6 is 11.3 Å². The second-order valence-corrected chi connectivity index (χ2v) is 10.3. The molecule has 1 N–H and O–H groups in total. The predicted octanol–water partition coefficient (Wildman–Crippen LogP) is 2.84. The Morgan fingerprint density at radius 2 is 2.00 bits per heavy atom. The number of halogens is 1. The van der Waals surface area contributed by atoms with Crippen LogP contribution in [0.25, 0.3) is 28.0 Å². The molecule has 2 fully saturated rings. The molecule has 2 aliphatic heterocycles. The van der Waals surface area contributed by atoms with E-state index in [9.17, 15) is 9.59 Å². The molecule has 9 nitrogen and oxygen atoms in total. The number of ether oxygens (including phenoxy) is 1. The van der Waals surface area contributed by atoms with E-state index in [4.69, 9.17) is 9.72 Å². The number of hydrogen-bond acceptors (Lipinski definition) is 8. The Hall–Kier alpha value is -3.12. The van der Waals surface area contributed by atoms with Crippen molar-refractivity contribution in [2.24, 2.45) is 0 Å². The lowest BCUT2D eigenvalue weighted by Gasteiger charge is -2.27. The minimum absolute atomic E-state index is 0.0341. The molecule has 0 saturated carbocycles. The van der Waals surface area contributed by atoms with Crippen LogP contribution in [0.5, 0.6) is 0 Å². The minimum Gasteiger partial charge on any atom is -0.379 e. The van der Waals surface area contributed by atoms with Gasteiger partial charge >= 0.3 is 0 Å². The number of fused-ring (bicyclic) bond motifs is 3. The summed E-state index contributed by atoms with van der Waals surface area (Å²) < 4.78 is 22.7. The Balaban J connectivity index is 1.74. The van der Waals surface area contributed by atoms with Crippen molar-refractivity contribution in [3.63, 3.8) is 0 Å². The molecule has 5 heterocycles. The van der Waals surface area contributed by atoms with Gasteiger partial charge in [-0.25, -0.2) is 14.4 Å². The Bertz CT molecular complexity index is 1440. The van der Waals surface area contributed by atoms with Crippen LogP contribution in [0.3, 0.4) is 0 Å². The normalized spacial score (nSPS) is 18.1. The topological polar surface area (TPSA) is 82.4 Å². The zero-order chi connectivity index (χ0) is 26.1. The van der Waals surface area contributed by atoms with Gasteiger partial charge in [0.05, 0.1) is 29.2 Å². The van der Waals surface area contributed by atoms with E-state index in [0.29, 0.717) is 49.9 Å². The van der Waals surface area contributed by atoms with Crippen LogP contribution in [-0.2, 0) is 4.74 Å². The van der Waals surface area contributed by atoms with Crippen molar-refractivity contribution in [3.05, 3.63) is 50.9 Å². The Morgan fingerprint density at radius 3 is 2.73 bits per heavy atom. The largest absolute Gasteiger partial charge is 0.379 e. The van der Waals surface area contributed by atoms with Crippen molar-refractivity contribution in [1.82, 2.24) is 24.7 Å². The molecule has 1 amide bonds. The third kappa shape index (κ3) is 4.79. The van der Waals surface area contributed by atoms with Gasteiger partial charge in [-0.3, -0.25) is 19.4 Å². The smallest absolute Gasteiger partial charge is 0.272 e. The zero-order valence-corrected chi connectivity index (χ0v) is 21.9. The zero-order valence-electron chi connectivity index (χ0n) is 21.1. The lowest BCUT2D eigenvalue weighted by Crippen LogP contribution is -2.49. The average molecular weight is 527 g/mol. The van der Waals surface area contributed by atoms with Crippen molar-refractivity contribution in [2.45, 2.75) is 13.3 Å². The molecule has 2 saturated heterocycles. The van der Waals surface area contributed by atoms with Gasteiger partial charge in [-0.05, 0) is 45.2 Å². The molecule has 196 valence electrons. The first kappa shape index (κ1) is 25.5. The number of likely N-dealkylation sites (N-methyl/N-ethyl adjacent to an activating group) is 1. The molecule has 0 bridgehead atoms. The third-order valence-electron chi connectivity index (χ3n) is 6.76. The van der Waals surface area contributed by atoms with Gasteiger partial charge in [0.1, 0.15) is 10.4 Å². The van der Waals surface area contributed by atoms with Crippen molar-refractivity contribution in [3.8, 4) is 0 Å². The second kappa shape index (κ2) is 10.7. The lowest BCUT2D eigenvalue weighted by molar-refractivity contribution is 0.0126. The average Bonchev–Trinajstić information content (AvgIpc) is 3.10. The lowest BCUT2D eigenvalue weighted by atomic mass is 10.1. The van der Waals surface area contributed by atoms with Gasteiger partial charge < -0.3 is 14.5 Å². The first-order chi connectivity index (χ1) is 17.9. The fraction of sp³-hybridized carbons (Fsp3) is 0.423. The van der Waals surface area contributed by atoms with Crippen LogP contribution < -0.4 is 15.8 Å². The van der Waals surface area contributed by atoms with Gasteiger partial charge in [0, 0.05) is 32.7 Å². The van der Waals surface area contributed by atoms with E-state index in [2.05, 4.69) is 16.9 Å². The number of nitrogens with zero attached hydrogens (tertiary/aromatic N) is 5. The summed E-state index contributed by atoms with van der Waals surface area (Å²) in [6, 6.07) is 1.23. The second-order valence-electron chi connectivity index (χ2n) is 9.25. The maximum atomic E-state index is 15.5. The standard InChI is InChI=1S/C26H31FN6O3S/c1-4-7-19-20(5-2)37-26-21(25(35)29-32-12-14-36-15-13-32)22(34)17-16-18(27)24(28-23(17)33(19)26)31-9-6-8-30(3)10-11-31/h4-5,7,16H,2,6,8-15H2,1,3H3,(H,29,35)/b7-4-. The molecule has 0 radical (unpaired) electrons. The van der Waals surface area contributed by atoms with E-state index in [0.717, 1.165) is 30.1 Å². The number of carbonyl (C=O) groups excluding carboxylic acids is 1. The monoisotopic (exact) mass is 526 g/mol. The number of hydrogen-bond donors (Lipinski definition) is 1. The molecule has 11 heteroatoms. The predicted molar refractivity (Wildman–Crippen MR) is 146 cm³/mol. The number of hydrazine groups is 1. The van der Waals surface area contributed by atoms with Crippen LogP contribution in [0, 0.1) is 5.82 Å². The summed E-state index contributed by atoms with van der Waals surface area (Å²) in [5.74, 6) is -0.880. The SMILES string of the molecule is C=Cc1sc2c(C(=O)NN3CCOCC3)c(=O)c3cc(F)c(N4CCCN(C)CC4)nc3n2c1/C=C\C. The van der Waals surface area contributed by atoms with Gasteiger partial charge in [-0.1, -0.05) is 12.7 Å². The molecule has 37 heavy (non-hydrogen) atoms.